The largest absolute Gasteiger partial charge is 0.396 e. The Morgan fingerprint density at radius 3 is 2.87 bits per heavy atom. The van der Waals surface area contributed by atoms with Crippen molar-refractivity contribution in [2.75, 3.05) is 13.2 Å². The molecule has 84 valence electrons. The Kier molecular flexibility index (Phi) is 4.17. The molecule has 0 aliphatic rings. The summed E-state index contributed by atoms with van der Waals surface area (Å²) in [6.07, 6.45) is 1.67. The summed E-state index contributed by atoms with van der Waals surface area (Å²) in [7, 11) is 1.76. The minimum Gasteiger partial charge on any atom is -0.396 e. The summed E-state index contributed by atoms with van der Waals surface area (Å²) in [6, 6.07) is 1.61. The van der Waals surface area contributed by atoms with Crippen LogP contribution < -0.4 is 5.32 Å². The van der Waals surface area contributed by atoms with Crippen LogP contribution in [0.5, 0.6) is 0 Å². The van der Waals surface area contributed by atoms with E-state index in [1.807, 2.05) is 6.92 Å². The molecular weight excluding hydrogens is 216 g/mol. The Morgan fingerprint density at radius 1 is 1.73 bits per heavy atom. The average molecular weight is 231 g/mol. The first-order chi connectivity index (χ1) is 7.04. The number of aromatic nitrogens is 1. The van der Waals surface area contributed by atoms with Crippen LogP contribution in [0.3, 0.4) is 0 Å². The predicted molar refractivity (Wildman–Crippen MR) is 59.0 cm³/mol. The highest BCUT2D eigenvalue weighted by Gasteiger charge is 2.11. The molecule has 15 heavy (non-hydrogen) atoms. The SMILES string of the molecule is CC(CO)CNC(=O)c1cc(Cl)cn1C. The molecule has 0 bridgehead atoms. The second-order valence-corrected chi connectivity index (χ2v) is 4.09. The molecule has 4 nitrogen and oxygen atoms in total. The number of hydrogen-bond acceptors (Lipinski definition) is 2. The van der Waals surface area contributed by atoms with E-state index in [9.17, 15) is 4.79 Å². The zero-order chi connectivity index (χ0) is 11.4. The van der Waals surface area contributed by atoms with Gasteiger partial charge in [0.1, 0.15) is 5.69 Å². The summed E-state index contributed by atoms with van der Waals surface area (Å²) < 4.78 is 1.67. The highest BCUT2D eigenvalue weighted by molar-refractivity contribution is 6.31. The third kappa shape index (κ3) is 3.25. The molecule has 0 spiro atoms. The zero-order valence-corrected chi connectivity index (χ0v) is 9.58. The van der Waals surface area contributed by atoms with Gasteiger partial charge in [-0.1, -0.05) is 18.5 Å². The lowest BCUT2D eigenvalue weighted by molar-refractivity contribution is 0.0934. The number of nitrogens with one attached hydrogen (secondary N) is 1. The molecule has 0 aliphatic heterocycles. The number of aliphatic hydroxyl groups excluding tert-OH is 1. The minimum atomic E-state index is -0.176. The number of hydrogen-bond donors (Lipinski definition) is 2. The summed E-state index contributed by atoms with van der Waals surface area (Å²) in [5, 5.41) is 12.1. The molecule has 1 atom stereocenters. The van der Waals surface area contributed by atoms with Gasteiger partial charge in [0.25, 0.3) is 5.91 Å². The fourth-order valence-corrected chi connectivity index (χ4v) is 1.42. The number of halogens is 1. The van der Waals surface area contributed by atoms with Crippen molar-refractivity contribution < 1.29 is 9.90 Å². The van der Waals surface area contributed by atoms with Gasteiger partial charge in [0, 0.05) is 26.4 Å². The van der Waals surface area contributed by atoms with Crippen molar-refractivity contribution in [2.45, 2.75) is 6.92 Å². The van der Waals surface area contributed by atoms with Crippen LogP contribution in [0.1, 0.15) is 17.4 Å². The predicted octanol–water partition coefficient (Wildman–Crippen LogP) is 1.04. The zero-order valence-electron chi connectivity index (χ0n) is 8.83. The Balaban J connectivity index is 2.58. The number of aryl methyl sites for hydroxylation is 1. The van der Waals surface area contributed by atoms with Crippen LogP contribution in [0.2, 0.25) is 5.02 Å². The fraction of sp³-hybridized carbons (Fsp3) is 0.500. The van der Waals surface area contributed by atoms with E-state index in [2.05, 4.69) is 5.32 Å². The van der Waals surface area contributed by atoms with E-state index < -0.39 is 0 Å². The number of rotatable bonds is 4. The van der Waals surface area contributed by atoms with Gasteiger partial charge in [-0.05, 0) is 12.0 Å². The van der Waals surface area contributed by atoms with Crippen LogP contribution in [0.4, 0.5) is 0 Å². The molecule has 0 saturated carbocycles. The molecule has 1 rings (SSSR count). The summed E-state index contributed by atoms with van der Waals surface area (Å²) >= 11 is 5.76. The number of carbonyl (C=O) groups is 1. The van der Waals surface area contributed by atoms with Crippen molar-refractivity contribution in [1.82, 2.24) is 9.88 Å². The average Bonchev–Trinajstić information content (AvgIpc) is 2.53. The van der Waals surface area contributed by atoms with Crippen LogP contribution in [-0.2, 0) is 7.05 Å². The van der Waals surface area contributed by atoms with Gasteiger partial charge in [-0.3, -0.25) is 4.79 Å². The molecule has 0 radical (unpaired) electrons. The van der Waals surface area contributed by atoms with Crippen molar-refractivity contribution in [3.8, 4) is 0 Å². The second-order valence-electron chi connectivity index (χ2n) is 3.65. The summed E-state index contributed by atoms with van der Waals surface area (Å²) in [5.41, 5.74) is 0.519. The Hall–Kier alpha value is -1.00. The third-order valence-corrected chi connectivity index (χ3v) is 2.33. The first-order valence-electron chi connectivity index (χ1n) is 4.75. The van der Waals surface area contributed by atoms with Crippen molar-refractivity contribution in [2.24, 2.45) is 13.0 Å². The first kappa shape index (κ1) is 12.1. The molecule has 2 N–H and O–H groups in total. The maximum Gasteiger partial charge on any atom is 0.267 e. The second kappa shape index (κ2) is 5.19. The van der Waals surface area contributed by atoms with E-state index in [0.29, 0.717) is 17.3 Å². The van der Waals surface area contributed by atoms with E-state index in [-0.39, 0.29) is 18.4 Å². The minimum absolute atomic E-state index is 0.0599. The number of nitrogens with zero attached hydrogens (tertiary/aromatic N) is 1. The standard InChI is InChI=1S/C10H15ClN2O2/c1-7(6-14)4-12-10(15)9-3-8(11)5-13(9)2/h3,5,7,14H,4,6H2,1-2H3,(H,12,15). The molecule has 0 fully saturated rings. The number of aliphatic hydroxyl groups is 1. The fourth-order valence-electron chi connectivity index (χ4n) is 1.17. The summed E-state index contributed by atoms with van der Waals surface area (Å²) in [6.45, 7) is 2.38. The lowest BCUT2D eigenvalue weighted by Gasteiger charge is -2.09. The first-order valence-corrected chi connectivity index (χ1v) is 5.13. The molecule has 1 aromatic heterocycles. The van der Waals surface area contributed by atoms with E-state index >= 15 is 0 Å². The summed E-state index contributed by atoms with van der Waals surface area (Å²) in [4.78, 5) is 11.6. The highest BCUT2D eigenvalue weighted by Crippen LogP contribution is 2.12. The molecule has 0 aromatic carbocycles. The quantitative estimate of drug-likeness (QED) is 0.812. The Bertz CT molecular complexity index is 349. The smallest absolute Gasteiger partial charge is 0.267 e. The van der Waals surface area contributed by atoms with Crippen LogP contribution in [-0.4, -0.2) is 28.7 Å². The molecular formula is C10H15ClN2O2. The lowest BCUT2D eigenvalue weighted by Crippen LogP contribution is -2.30. The van der Waals surface area contributed by atoms with Crippen molar-refractivity contribution in [1.29, 1.82) is 0 Å². The molecule has 0 saturated heterocycles. The van der Waals surface area contributed by atoms with E-state index in [1.54, 1.807) is 23.9 Å². The number of amides is 1. The van der Waals surface area contributed by atoms with Gasteiger partial charge in [0.15, 0.2) is 0 Å². The van der Waals surface area contributed by atoms with E-state index in [1.165, 1.54) is 0 Å². The Morgan fingerprint density at radius 2 is 2.40 bits per heavy atom. The van der Waals surface area contributed by atoms with Crippen LogP contribution in [0.15, 0.2) is 12.3 Å². The van der Waals surface area contributed by atoms with Gasteiger partial charge in [-0.15, -0.1) is 0 Å². The van der Waals surface area contributed by atoms with Gasteiger partial charge in [0.05, 0.1) is 5.02 Å². The lowest BCUT2D eigenvalue weighted by atomic mass is 10.2. The maximum absolute atomic E-state index is 11.6. The van der Waals surface area contributed by atoms with E-state index in [0.717, 1.165) is 0 Å². The van der Waals surface area contributed by atoms with Crippen LogP contribution >= 0.6 is 11.6 Å². The van der Waals surface area contributed by atoms with Crippen LogP contribution in [0, 0.1) is 5.92 Å². The molecule has 1 amide bonds. The molecule has 1 heterocycles. The molecule has 5 heteroatoms. The summed E-state index contributed by atoms with van der Waals surface area (Å²) in [5.74, 6) is -0.116. The maximum atomic E-state index is 11.6. The van der Waals surface area contributed by atoms with Crippen molar-refractivity contribution in [3.05, 3.63) is 23.0 Å². The van der Waals surface area contributed by atoms with Crippen molar-refractivity contribution >= 4 is 17.5 Å². The van der Waals surface area contributed by atoms with Gasteiger partial charge >= 0.3 is 0 Å². The normalized spacial score (nSPS) is 12.5. The van der Waals surface area contributed by atoms with Gasteiger partial charge < -0.3 is 15.0 Å². The topological polar surface area (TPSA) is 54.3 Å². The molecule has 0 aliphatic carbocycles. The Labute approximate surface area is 93.8 Å². The van der Waals surface area contributed by atoms with Crippen LogP contribution in [0.25, 0.3) is 0 Å². The monoisotopic (exact) mass is 230 g/mol. The van der Waals surface area contributed by atoms with E-state index in [4.69, 9.17) is 16.7 Å². The highest BCUT2D eigenvalue weighted by atomic mass is 35.5. The third-order valence-electron chi connectivity index (χ3n) is 2.13. The molecule has 1 aromatic rings. The van der Waals surface area contributed by atoms with Crippen molar-refractivity contribution in [3.63, 3.8) is 0 Å². The molecule has 1 unspecified atom stereocenters. The number of carbonyl (C=O) groups excluding carboxylic acids is 1. The van der Waals surface area contributed by atoms with Gasteiger partial charge in [-0.25, -0.2) is 0 Å². The van der Waals surface area contributed by atoms with Gasteiger partial charge in [-0.2, -0.15) is 0 Å². The van der Waals surface area contributed by atoms with Gasteiger partial charge in [0.2, 0.25) is 0 Å².